The van der Waals surface area contributed by atoms with Crippen LogP contribution in [0, 0.1) is 5.41 Å². The van der Waals surface area contributed by atoms with Gasteiger partial charge in [-0.1, -0.05) is 20.8 Å². The second-order valence-corrected chi connectivity index (χ2v) is 7.66. The average molecular weight is 234 g/mol. The Morgan fingerprint density at radius 3 is 2.33 bits per heavy atom. The Morgan fingerprint density at radius 1 is 1.40 bits per heavy atom. The lowest BCUT2D eigenvalue weighted by Crippen LogP contribution is -2.40. The predicted molar refractivity (Wildman–Crippen MR) is 62.0 cm³/mol. The number of nitrogens with one attached hydrogen (secondary N) is 1. The van der Waals surface area contributed by atoms with E-state index in [1.165, 1.54) is 0 Å². The quantitative estimate of drug-likeness (QED) is 0.740. The van der Waals surface area contributed by atoms with Gasteiger partial charge in [0.1, 0.15) is 0 Å². The van der Waals surface area contributed by atoms with E-state index in [0.717, 1.165) is 19.3 Å². The average Bonchev–Trinajstić information content (AvgIpc) is 2.79. The highest BCUT2D eigenvalue weighted by molar-refractivity contribution is 7.90. The summed E-state index contributed by atoms with van der Waals surface area (Å²) in [6.45, 7) is 6.66. The molecular weight excluding hydrogens is 212 g/mol. The van der Waals surface area contributed by atoms with E-state index in [-0.39, 0.29) is 16.7 Å². The molecule has 1 aliphatic rings. The van der Waals surface area contributed by atoms with Crippen molar-refractivity contribution in [1.29, 1.82) is 0 Å². The van der Waals surface area contributed by atoms with Crippen molar-refractivity contribution in [2.75, 3.05) is 6.54 Å². The van der Waals surface area contributed by atoms with E-state index < -0.39 is 10.0 Å². The van der Waals surface area contributed by atoms with Crippen molar-refractivity contribution in [3.8, 4) is 0 Å². The summed E-state index contributed by atoms with van der Waals surface area (Å²) in [6.07, 6.45) is 2.41. The highest BCUT2D eigenvalue weighted by Crippen LogP contribution is 2.27. The Kier molecular flexibility index (Phi) is 3.79. The van der Waals surface area contributed by atoms with Gasteiger partial charge in [0, 0.05) is 12.6 Å². The largest absolute Gasteiger partial charge is 0.326 e. The van der Waals surface area contributed by atoms with E-state index in [2.05, 4.69) is 25.5 Å². The van der Waals surface area contributed by atoms with Gasteiger partial charge < -0.3 is 5.73 Å². The minimum atomic E-state index is -3.07. The molecule has 1 unspecified atom stereocenters. The third-order valence-corrected chi connectivity index (χ3v) is 4.30. The van der Waals surface area contributed by atoms with Gasteiger partial charge in [-0.05, 0) is 24.7 Å². The second kappa shape index (κ2) is 4.39. The number of hydrogen-bond donors (Lipinski definition) is 2. The van der Waals surface area contributed by atoms with E-state index in [1.807, 2.05) is 0 Å². The van der Waals surface area contributed by atoms with Crippen LogP contribution < -0.4 is 10.5 Å². The summed E-state index contributed by atoms with van der Waals surface area (Å²) in [4.78, 5) is 0. The molecule has 1 aliphatic carbocycles. The third-order valence-electron chi connectivity index (χ3n) is 2.38. The van der Waals surface area contributed by atoms with Gasteiger partial charge in [-0.25, -0.2) is 13.1 Å². The summed E-state index contributed by atoms with van der Waals surface area (Å²) in [7, 11) is -3.07. The van der Waals surface area contributed by atoms with Crippen molar-refractivity contribution in [1.82, 2.24) is 4.72 Å². The summed E-state index contributed by atoms with van der Waals surface area (Å²) in [5.41, 5.74) is 6.00. The monoisotopic (exact) mass is 234 g/mol. The summed E-state index contributed by atoms with van der Waals surface area (Å²) < 4.78 is 25.6. The molecule has 0 heterocycles. The van der Waals surface area contributed by atoms with Crippen molar-refractivity contribution < 1.29 is 8.42 Å². The molecule has 90 valence electrons. The van der Waals surface area contributed by atoms with Crippen LogP contribution in [0.2, 0.25) is 0 Å². The first-order valence-electron chi connectivity index (χ1n) is 5.45. The highest BCUT2D eigenvalue weighted by Gasteiger charge is 2.35. The van der Waals surface area contributed by atoms with E-state index in [4.69, 9.17) is 5.73 Å². The van der Waals surface area contributed by atoms with Crippen molar-refractivity contribution in [2.45, 2.75) is 51.3 Å². The molecule has 1 saturated carbocycles. The van der Waals surface area contributed by atoms with E-state index >= 15 is 0 Å². The lowest BCUT2D eigenvalue weighted by molar-refractivity contribution is 0.338. The van der Waals surface area contributed by atoms with Crippen LogP contribution in [0.5, 0.6) is 0 Å². The molecule has 3 N–H and O–H groups in total. The molecule has 0 bridgehead atoms. The van der Waals surface area contributed by atoms with Crippen LogP contribution in [0.3, 0.4) is 0 Å². The first-order valence-corrected chi connectivity index (χ1v) is 6.99. The Bertz CT molecular complexity index is 302. The maximum absolute atomic E-state index is 11.5. The fraction of sp³-hybridized carbons (Fsp3) is 1.00. The maximum atomic E-state index is 11.5. The van der Waals surface area contributed by atoms with Gasteiger partial charge in [0.05, 0.1) is 5.25 Å². The van der Waals surface area contributed by atoms with Crippen LogP contribution >= 0.6 is 0 Å². The summed E-state index contributed by atoms with van der Waals surface area (Å²) in [5.74, 6) is 0. The Hall–Kier alpha value is -0.130. The molecule has 0 amide bonds. The van der Waals surface area contributed by atoms with Crippen molar-refractivity contribution in [2.24, 2.45) is 11.1 Å². The molecule has 0 radical (unpaired) electrons. The van der Waals surface area contributed by atoms with E-state index in [1.54, 1.807) is 0 Å². The summed E-state index contributed by atoms with van der Waals surface area (Å²) in [5, 5.41) is -0.153. The van der Waals surface area contributed by atoms with Gasteiger partial charge in [-0.15, -0.1) is 0 Å². The number of hydrogen-bond acceptors (Lipinski definition) is 3. The fourth-order valence-electron chi connectivity index (χ4n) is 1.58. The second-order valence-electron chi connectivity index (χ2n) is 5.62. The molecular formula is C10H22N2O2S. The molecule has 0 saturated heterocycles. The molecule has 0 spiro atoms. The van der Waals surface area contributed by atoms with E-state index in [0.29, 0.717) is 6.54 Å². The van der Waals surface area contributed by atoms with Gasteiger partial charge in [0.25, 0.3) is 0 Å². The van der Waals surface area contributed by atoms with Gasteiger partial charge in [-0.2, -0.15) is 0 Å². The van der Waals surface area contributed by atoms with E-state index in [9.17, 15) is 8.42 Å². The smallest absolute Gasteiger partial charge is 0.214 e. The van der Waals surface area contributed by atoms with Gasteiger partial charge in [-0.3, -0.25) is 0 Å². The molecule has 1 fully saturated rings. The normalized spacial score (nSPS) is 20.3. The van der Waals surface area contributed by atoms with Crippen molar-refractivity contribution in [3.05, 3.63) is 0 Å². The zero-order chi connectivity index (χ0) is 11.7. The van der Waals surface area contributed by atoms with Crippen LogP contribution in [-0.4, -0.2) is 26.3 Å². The van der Waals surface area contributed by atoms with Gasteiger partial charge >= 0.3 is 0 Å². The van der Waals surface area contributed by atoms with Crippen LogP contribution in [0.1, 0.15) is 40.0 Å². The van der Waals surface area contributed by atoms with Crippen LogP contribution in [-0.2, 0) is 10.0 Å². The maximum Gasteiger partial charge on any atom is 0.214 e. The van der Waals surface area contributed by atoms with Crippen LogP contribution in [0.15, 0.2) is 0 Å². The molecule has 1 atom stereocenters. The molecule has 4 nitrogen and oxygen atoms in total. The van der Waals surface area contributed by atoms with Crippen molar-refractivity contribution >= 4 is 10.0 Å². The standard InChI is InChI=1S/C10H22N2O2S/c1-10(2,3)6-8(11)7-12-15(13,14)9-4-5-9/h8-9,12H,4-7,11H2,1-3H3. The molecule has 15 heavy (non-hydrogen) atoms. The summed E-state index contributed by atoms with van der Waals surface area (Å²) >= 11 is 0. The molecule has 0 aromatic rings. The SMILES string of the molecule is CC(C)(C)CC(N)CNS(=O)(=O)C1CC1. The fourth-order valence-corrected chi connectivity index (χ4v) is 3.02. The first-order chi connectivity index (χ1) is 6.71. The lowest BCUT2D eigenvalue weighted by atomic mass is 9.88. The van der Waals surface area contributed by atoms with Gasteiger partial charge in [0.2, 0.25) is 10.0 Å². The number of sulfonamides is 1. The third kappa shape index (κ3) is 4.95. The zero-order valence-electron chi connectivity index (χ0n) is 9.79. The highest BCUT2D eigenvalue weighted by atomic mass is 32.2. The molecule has 5 heteroatoms. The van der Waals surface area contributed by atoms with Crippen LogP contribution in [0.25, 0.3) is 0 Å². The Balaban J connectivity index is 2.30. The lowest BCUT2D eigenvalue weighted by Gasteiger charge is -2.23. The predicted octanol–water partition coefficient (Wildman–Crippen LogP) is 0.832. The molecule has 0 aromatic carbocycles. The first kappa shape index (κ1) is 12.9. The minimum absolute atomic E-state index is 0.0986. The topological polar surface area (TPSA) is 72.2 Å². The Morgan fingerprint density at radius 2 is 1.93 bits per heavy atom. The zero-order valence-corrected chi connectivity index (χ0v) is 10.6. The van der Waals surface area contributed by atoms with Gasteiger partial charge in [0.15, 0.2) is 0 Å². The molecule has 1 rings (SSSR count). The Labute approximate surface area is 92.7 Å². The van der Waals surface area contributed by atoms with Crippen molar-refractivity contribution in [3.63, 3.8) is 0 Å². The number of rotatable bonds is 5. The summed E-state index contributed by atoms with van der Waals surface area (Å²) in [6, 6.07) is -0.0986. The minimum Gasteiger partial charge on any atom is -0.326 e. The number of nitrogens with two attached hydrogens (primary N) is 1. The van der Waals surface area contributed by atoms with Crippen LogP contribution in [0.4, 0.5) is 0 Å². The molecule has 0 aromatic heterocycles. The molecule has 0 aliphatic heterocycles.